The summed E-state index contributed by atoms with van der Waals surface area (Å²) in [4.78, 5) is 18.9. The second-order valence-electron chi connectivity index (χ2n) is 5.75. The first-order valence-corrected chi connectivity index (χ1v) is 8.35. The van der Waals surface area contributed by atoms with Crippen molar-refractivity contribution in [2.75, 3.05) is 37.8 Å². The second kappa shape index (κ2) is 8.28. The molecule has 6 heteroatoms. The summed E-state index contributed by atoms with van der Waals surface area (Å²) < 4.78 is 10.4. The van der Waals surface area contributed by atoms with Crippen molar-refractivity contribution in [3.8, 4) is 6.07 Å². The smallest absolute Gasteiger partial charge is 0.349 e. The van der Waals surface area contributed by atoms with E-state index in [1.165, 1.54) is 12.2 Å². The number of hydrogen-bond acceptors (Lipinski definition) is 6. The molecule has 2 heterocycles. The van der Waals surface area contributed by atoms with Crippen LogP contribution in [0.2, 0.25) is 0 Å². The number of hydrogen-bond donors (Lipinski definition) is 0. The van der Waals surface area contributed by atoms with Gasteiger partial charge in [0, 0.05) is 24.0 Å². The lowest BCUT2D eigenvalue weighted by atomic mass is 10.1. The Morgan fingerprint density at radius 3 is 2.88 bits per heavy atom. The molecule has 26 heavy (non-hydrogen) atoms. The largest absolute Gasteiger partial charge is 0.457 e. The van der Waals surface area contributed by atoms with E-state index in [0.29, 0.717) is 31.9 Å². The maximum absolute atomic E-state index is 12.1. The van der Waals surface area contributed by atoms with E-state index in [-0.39, 0.29) is 12.2 Å². The number of anilines is 1. The average Bonchev–Trinajstić information content (AvgIpc) is 2.70. The third-order valence-electron chi connectivity index (χ3n) is 4.02. The molecular formula is C20H19N3O3. The zero-order valence-corrected chi connectivity index (χ0v) is 14.4. The Balaban J connectivity index is 2.06. The van der Waals surface area contributed by atoms with E-state index in [1.807, 2.05) is 36.4 Å². The van der Waals surface area contributed by atoms with E-state index in [9.17, 15) is 10.1 Å². The number of esters is 1. The van der Waals surface area contributed by atoms with Gasteiger partial charge in [-0.3, -0.25) is 0 Å². The Morgan fingerprint density at radius 2 is 2.15 bits per heavy atom. The number of para-hydroxylation sites is 1. The molecule has 0 unspecified atom stereocenters. The van der Waals surface area contributed by atoms with Gasteiger partial charge in [-0.15, -0.1) is 0 Å². The van der Waals surface area contributed by atoms with Crippen LogP contribution in [0.1, 0.15) is 5.56 Å². The Labute approximate surface area is 152 Å². The quantitative estimate of drug-likeness (QED) is 0.358. The van der Waals surface area contributed by atoms with Gasteiger partial charge in [0.15, 0.2) is 0 Å². The van der Waals surface area contributed by atoms with E-state index in [0.717, 1.165) is 16.7 Å². The van der Waals surface area contributed by atoms with Crippen molar-refractivity contribution >= 4 is 28.8 Å². The first-order valence-electron chi connectivity index (χ1n) is 8.35. The molecule has 0 saturated carbocycles. The van der Waals surface area contributed by atoms with Crippen molar-refractivity contribution < 1.29 is 14.3 Å². The fourth-order valence-electron chi connectivity index (χ4n) is 2.76. The number of fused-ring (bicyclic) bond motifs is 1. The minimum absolute atomic E-state index is 0.0597. The molecule has 1 aliphatic rings. The molecule has 1 aliphatic heterocycles. The average molecular weight is 349 g/mol. The van der Waals surface area contributed by atoms with Crippen LogP contribution in [0.25, 0.3) is 17.0 Å². The first-order chi connectivity index (χ1) is 12.7. The van der Waals surface area contributed by atoms with Crippen molar-refractivity contribution in [3.05, 3.63) is 54.1 Å². The predicted octanol–water partition coefficient (Wildman–Crippen LogP) is 2.71. The topological polar surface area (TPSA) is 75.5 Å². The molecule has 1 aromatic heterocycles. The van der Waals surface area contributed by atoms with Gasteiger partial charge < -0.3 is 14.4 Å². The third kappa shape index (κ3) is 3.90. The van der Waals surface area contributed by atoms with Gasteiger partial charge in [0.2, 0.25) is 0 Å². The standard InChI is InChI=1S/C20H19N3O3/c1-2-9-26-20(24)17(14-21)13-16-12-15-5-3-4-6-18(15)22-19(16)23-7-10-25-11-8-23/h2-6,12-13H,1,7-11H2. The van der Waals surface area contributed by atoms with Crippen LogP contribution in [0.4, 0.5) is 5.82 Å². The number of nitrogens with zero attached hydrogens (tertiary/aromatic N) is 3. The van der Waals surface area contributed by atoms with E-state index in [2.05, 4.69) is 11.5 Å². The SMILES string of the molecule is C=CCOC(=O)C(C#N)=Cc1cc2ccccc2nc1N1CCOCC1. The summed E-state index contributed by atoms with van der Waals surface area (Å²) in [6, 6.07) is 11.6. The molecule has 0 N–H and O–H groups in total. The summed E-state index contributed by atoms with van der Waals surface area (Å²) in [5.74, 6) is 0.0600. The number of carbonyl (C=O) groups is 1. The van der Waals surface area contributed by atoms with Gasteiger partial charge in [-0.05, 0) is 18.2 Å². The molecule has 6 nitrogen and oxygen atoms in total. The van der Waals surface area contributed by atoms with Crippen LogP contribution in [-0.2, 0) is 14.3 Å². The number of aromatic nitrogens is 1. The number of morpholine rings is 1. The number of rotatable bonds is 5. The molecule has 3 rings (SSSR count). The van der Waals surface area contributed by atoms with Gasteiger partial charge in [0.1, 0.15) is 24.1 Å². The van der Waals surface area contributed by atoms with Crippen LogP contribution in [0, 0.1) is 11.3 Å². The summed E-state index contributed by atoms with van der Waals surface area (Å²) in [7, 11) is 0. The molecule has 132 valence electrons. The van der Waals surface area contributed by atoms with E-state index < -0.39 is 5.97 Å². The number of nitriles is 1. The summed E-state index contributed by atoms with van der Waals surface area (Å²) in [5, 5.41) is 10.3. The Bertz CT molecular complexity index is 893. The highest BCUT2D eigenvalue weighted by Crippen LogP contribution is 2.26. The molecule has 0 amide bonds. The van der Waals surface area contributed by atoms with E-state index in [1.54, 1.807) is 0 Å². The number of carbonyl (C=O) groups excluding carboxylic acids is 1. The Morgan fingerprint density at radius 1 is 1.38 bits per heavy atom. The summed E-state index contributed by atoms with van der Waals surface area (Å²) in [6.07, 6.45) is 3.00. The molecule has 0 bridgehead atoms. The summed E-state index contributed by atoms with van der Waals surface area (Å²) in [5.41, 5.74) is 1.50. The van der Waals surface area contributed by atoms with Crippen molar-refractivity contribution in [2.45, 2.75) is 0 Å². The maximum Gasteiger partial charge on any atom is 0.349 e. The number of benzene rings is 1. The monoisotopic (exact) mass is 349 g/mol. The molecule has 1 saturated heterocycles. The van der Waals surface area contributed by atoms with Gasteiger partial charge in [-0.2, -0.15) is 5.26 Å². The van der Waals surface area contributed by atoms with Crippen molar-refractivity contribution in [3.63, 3.8) is 0 Å². The highest BCUT2D eigenvalue weighted by atomic mass is 16.5. The molecule has 1 aromatic carbocycles. The molecular weight excluding hydrogens is 330 g/mol. The zero-order chi connectivity index (χ0) is 18.4. The molecule has 0 radical (unpaired) electrons. The van der Waals surface area contributed by atoms with Crippen LogP contribution < -0.4 is 4.90 Å². The maximum atomic E-state index is 12.1. The fourth-order valence-corrected chi connectivity index (χ4v) is 2.76. The van der Waals surface area contributed by atoms with Crippen molar-refractivity contribution in [1.82, 2.24) is 4.98 Å². The van der Waals surface area contributed by atoms with Gasteiger partial charge in [-0.25, -0.2) is 9.78 Å². The summed E-state index contributed by atoms with van der Waals surface area (Å²) >= 11 is 0. The highest BCUT2D eigenvalue weighted by Gasteiger charge is 2.18. The van der Waals surface area contributed by atoms with Gasteiger partial charge in [0.25, 0.3) is 0 Å². The zero-order valence-electron chi connectivity index (χ0n) is 14.4. The van der Waals surface area contributed by atoms with Crippen molar-refractivity contribution in [1.29, 1.82) is 5.26 Å². The van der Waals surface area contributed by atoms with Crippen LogP contribution >= 0.6 is 0 Å². The van der Waals surface area contributed by atoms with Gasteiger partial charge >= 0.3 is 5.97 Å². The Kier molecular flexibility index (Phi) is 5.62. The van der Waals surface area contributed by atoms with Gasteiger partial charge in [-0.1, -0.05) is 30.9 Å². The predicted molar refractivity (Wildman–Crippen MR) is 99.5 cm³/mol. The van der Waals surface area contributed by atoms with Crippen LogP contribution in [0.5, 0.6) is 0 Å². The van der Waals surface area contributed by atoms with Crippen molar-refractivity contribution in [2.24, 2.45) is 0 Å². The fraction of sp³-hybridized carbons (Fsp3) is 0.250. The molecule has 0 atom stereocenters. The molecule has 1 fully saturated rings. The third-order valence-corrected chi connectivity index (χ3v) is 4.02. The van der Waals surface area contributed by atoms with Crippen LogP contribution in [-0.4, -0.2) is 43.9 Å². The highest BCUT2D eigenvalue weighted by molar-refractivity contribution is 5.99. The summed E-state index contributed by atoms with van der Waals surface area (Å²) in [6.45, 7) is 6.20. The number of pyridine rings is 1. The second-order valence-corrected chi connectivity index (χ2v) is 5.75. The first kappa shape index (κ1) is 17.6. The lowest BCUT2D eigenvalue weighted by Gasteiger charge is -2.29. The van der Waals surface area contributed by atoms with Crippen LogP contribution in [0.3, 0.4) is 0 Å². The molecule has 0 aliphatic carbocycles. The van der Waals surface area contributed by atoms with Crippen LogP contribution in [0.15, 0.2) is 48.6 Å². The lowest BCUT2D eigenvalue weighted by Crippen LogP contribution is -2.37. The van der Waals surface area contributed by atoms with E-state index >= 15 is 0 Å². The Hall–Kier alpha value is -3.17. The molecule has 0 spiro atoms. The molecule has 2 aromatic rings. The normalized spacial score (nSPS) is 14.7. The minimum atomic E-state index is -0.673. The lowest BCUT2D eigenvalue weighted by molar-refractivity contribution is -0.137. The number of ether oxygens (including phenoxy) is 2. The van der Waals surface area contributed by atoms with E-state index in [4.69, 9.17) is 14.5 Å². The van der Waals surface area contributed by atoms with Gasteiger partial charge in [0.05, 0.1) is 18.7 Å². The minimum Gasteiger partial charge on any atom is -0.457 e.